The van der Waals surface area contributed by atoms with Crippen molar-refractivity contribution in [2.45, 2.75) is 13.0 Å². The first-order valence-corrected chi connectivity index (χ1v) is 5.87. The number of nitrogens with zero attached hydrogens (tertiary/aromatic N) is 2. The molecule has 0 aliphatic carbocycles. The number of methoxy groups -OCH3 is 1. The van der Waals surface area contributed by atoms with E-state index in [1.54, 1.807) is 12.5 Å². The lowest BCUT2D eigenvalue weighted by Crippen LogP contribution is -2.23. The Kier molecular flexibility index (Phi) is 4.12. The highest BCUT2D eigenvalue weighted by Crippen LogP contribution is 2.12. The molecular formula is C14H16N2O2. The maximum Gasteiger partial charge on any atom is 0.310 e. The number of imidazole rings is 1. The van der Waals surface area contributed by atoms with E-state index in [0.29, 0.717) is 13.0 Å². The summed E-state index contributed by atoms with van der Waals surface area (Å²) in [6, 6.07) is 9.95. The summed E-state index contributed by atoms with van der Waals surface area (Å²) >= 11 is 0. The molecule has 1 aromatic heterocycles. The molecule has 0 saturated heterocycles. The van der Waals surface area contributed by atoms with Crippen molar-refractivity contribution in [3.05, 3.63) is 54.6 Å². The first kappa shape index (κ1) is 12.4. The van der Waals surface area contributed by atoms with Crippen molar-refractivity contribution in [1.82, 2.24) is 9.55 Å². The zero-order valence-electron chi connectivity index (χ0n) is 10.3. The second kappa shape index (κ2) is 6.00. The van der Waals surface area contributed by atoms with Crippen molar-refractivity contribution < 1.29 is 9.53 Å². The van der Waals surface area contributed by atoms with Crippen LogP contribution in [0.2, 0.25) is 0 Å². The second-order valence-corrected chi connectivity index (χ2v) is 4.17. The van der Waals surface area contributed by atoms with Gasteiger partial charge in [-0.3, -0.25) is 4.79 Å². The Labute approximate surface area is 106 Å². The molecule has 4 nitrogen and oxygen atoms in total. The van der Waals surface area contributed by atoms with Crippen LogP contribution < -0.4 is 0 Å². The monoisotopic (exact) mass is 244 g/mol. The number of ether oxygens (including phenoxy) is 1. The minimum Gasteiger partial charge on any atom is -0.469 e. The molecule has 0 amide bonds. The predicted molar refractivity (Wildman–Crippen MR) is 67.9 cm³/mol. The zero-order valence-corrected chi connectivity index (χ0v) is 10.3. The van der Waals surface area contributed by atoms with Crippen molar-refractivity contribution in [2.24, 2.45) is 5.92 Å². The summed E-state index contributed by atoms with van der Waals surface area (Å²) in [5, 5.41) is 0. The lowest BCUT2D eigenvalue weighted by atomic mass is 9.99. The Morgan fingerprint density at radius 1 is 1.39 bits per heavy atom. The molecule has 1 unspecified atom stereocenters. The Balaban J connectivity index is 2.08. The van der Waals surface area contributed by atoms with Gasteiger partial charge in [-0.25, -0.2) is 4.98 Å². The summed E-state index contributed by atoms with van der Waals surface area (Å²) in [5.74, 6) is -0.376. The predicted octanol–water partition coefficient (Wildman–Crippen LogP) is 1.91. The topological polar surface area (TPSA) is 44.1 Å². The summed E-state index contributed by atoms with van der Waals surface area (Å²) in [4.78, 5) is 15.8. The highest BCUT2D eigenvalue weighted by molar-refractivity contribution is 5.72. The van der Waals surface area contributed by atoms with Gasteiger partial charge in [0.1, 0.15) is 0 Å². The molecule has 2 rings (SSSR count). The van der Waals surface area contributed by atoms with Crippen LogP contribution in [0.5, 0.6) is 0 Å². The van der Waals surface area contributed by atoms with Crippen LogP contribution in [0.1, 0.15) is 5.56 Å². The van der Waals surface area contributed by atoms with Gasteiger partial charge in [0.2, 0.25) is 0 Å². The van der Waals surface area contributed by atoms with Crippen molar-refractivity contribution in [3.8, 4) is 0 Å². The Morgan fingerprint density at radius 3 is 2.78 bits per heavy atom. The van der Waals surface area contributed by atoms with Gasteiger partial charge in [0.25, 0.3) is 0 Å². The molecular weight excluding hydrogens is 228 g/mol. The van der Waals surface area contributed by atoms with Crippen molar-refractivity contribution in [3.63, 3.8) is 0 Å². The molecule has 2 aromatic rings. The molecule has 0 aliphatic heterocycles. The summed E-state index contributed by atoms with van der Waals surface area (Å²) in [7, 11) is 1.42. The molecule has 0 spiro atoms. The first-order chi connectivity index (χ1) is 8.79. The second-order valence-electron chi connectivity index (χ2n) is 4.17. The number of esters is 1. The van der Waals surface area contributed by atoms with Crippen LogP contribution in [0.3, 0.4) is 0 Å². The Hall–Kier alpha value is -2.10. The van der Waals surface area contributed by atoms with Gasteiger partial charge < -0.3 is 9.30 Å². The third-order valence-electron chi connectivity index (χ3n) is 2.85. The minimum atomic E-state index is -0.188. The molecule has 0 fully saturated rings. The van der Waals surface area contributed by atoms with Crippen molar-refractivity contribution in [2.75, 3.05) is 7.11 Å². The van der Waals surface area contributed by atoms with E-state index in [9.17, 15) is 4.79 Å². The number of rotatable bonds is 5. The largest absolute Gasteiger partial charge is 0.469 e. The van der Waals surface area contributed by atoms with Gasteiger partial charge in [-0.05, 0) is 12.0 Å². The van der Waals surface area contributed by atoms with Crippen LogP contribution in [0.25, 0.3) is 0 Å². The van der Waals surface area contributed by atoms with E-state index in [0.717, 1.165) is 5.56 Å². The lowest BCUT2D eigenvalue weighted by Gasteiger charge is -2.15. The van der Waals surface area contributed by atoms with E-state index in [-0.39, 0.29) is 11.9 Å². The van der Waals surface area contributed by atoms with Gasteiger partial charge in [-0.1, -0.05) is 30.3 Å². The molecule has 0 N–H and O–H groups in total. The van der Waals surface area contributed by atoms with Crippen molar-refractivity contribution in [1.29, 1.82) is 0 Å². The summed E-state index contributed by atoms with van der Waals surface area (Å²) in [5.41, 5.74) is 1.13. The van der Waals surface area contributed by atoms with E-state index < -0.39 is 0 Å². The normalized spacial score (nSPS) is 12.1. The average Bonchev–Trinajstić information content (AvgIpc) is 2.91. The maximum absolute atomic E-state index is 11.8. The standard InChI is InChI=1S/C14H16N2O2/c1-18-14(17)13(10-16-8-7-15-11-16)9-12-5-3-2-4-6-12/h2-8,11,13H,9-10H2,1H3. The quantitative estimate of drug-likeness (QED) is 0.755. The summed E-state index contributed by atoms with van der Waals surface area (Å²) < 4.78 is 6.75. The van der Waals surface area contributed by atoms with E-state index in [1.165, 1.54) is 7.11 Å². The minimum absolute atomic E-state index is 0.187. The molecule has 1 heterocycles. The maximum atomic E-state index is 11.8. The van der Waals surface area contributed by atoms with Gasteiger partial charge in [0.15, 0.2) is 0 Å². The highest BCUT2D eigenvalue weighted by Gasteiger charge is 2.20. The average molecular weight is 244 g/mol. The summed E-state index contributed by atoms with van der Waals surface area (Å²) in [6.45, 7) is 0.585. The zero-order chi connectivity index (χ0) is 12.8. The number of hydrogen-bond donors (Lipinski definition) is 0. The van der Waals surface area contributed by atoms with Gasteiger partial charge in [0, 0.05) is 18.9 Å². The molecule has 0 radical (unpaired) electrons. The van der Waals surface area contributed by atoms with Crippen LogP contribution >= 0.6 is 0 Å². The van der Waals surface area contributed by atoms with Crippen LogP contribution in [0, 0.1) is 5.92 Å². The molecule has 1 aromatic carbocycles. The molecule has 18 heavy (non-hydrogen) atoms. The molecule has 1 atom stereocenters. The van der Waals surface area contributed by atoms with Crippen LogP contribution in [-0.4, -0.2) is 22.6 Å². The van der Waals surface area contributed by atoms with Crippen LogP contribution in [0.15, 0.2) is 49.1 Å². The molecule has 0 bridgehead atoms. The highest BCUT2D eigenvalue weighted by atomic mass is 16.5. The van der Waals surface area contributed by atoms with Crippen LogP contribution in [0.4, 0.5) is 0 Å². The Morgan fingerprint density at radius 2 is 2.17 bits per heavy atom. The van der Waals surface area contributed by atoms with E-state index in [1.807, 2.05) is 41.1 Å². The first-order valence-electron chi connectivity index (χ1n) is 5.87. The van der Waals surface area contributed by atoms with Gasteiger partial charge in [0.05, 0.1) is 19.4 Å². The SMILES string of the molecule is COC(=O)C(Cc1ccccc1)Cn1ccnc1. The Bertz CT molecular complexity index is 480. The molecule has 94 valence electrons. The molecule has 0 saturated carbocycles. The number of carbonyl (C=O) groups is 1. The third kappa shape index (κ3) is 3.20. The fourth-order valence-electron chi connectivity index (χ4n) is 1.94. The fourth-order valence-corrected chi connectivity index (χ4v) is 1.94. The lowest BCUT2D eigenvalue weighted by molar-refractivity contribution is -0.145. The van der Waals surface area contributed by atoms with E-state index >= 15 is 0 Å². The number of carbonyl (C=O) groups excluding carboxylic acids is 1. The van der Waals surface area contributed by atoms with Gasteiger partial charge in [-0.15, -0.1) is 0 Å². The number of hydrogen-bond acceptors (Lipinski definition) is 3. The smallest absolute Gasteiger partial charge is 0.310 e. The molecule has 0 aliphatic rings. The fraction of sp³-hybridized carbons (Fsp3) is 0.286. The van der Waals surface area contributed by atoms with E-state index in [4.69, 9.17) is 4.74 Å². The number of aromatic nitrogens is 2. The number of benzene rings is 1. The molecule has 4 heteroatoms. The van der Waals surface area contributed by atoms with Crippen LogP contribution in [-0.2, 0) is 22.5 Å². The van der Waals surface area contributed by atoms with E-state index in [2.05, 4.69) is 4.98 Å². The van der Waals surface area contributed by atoms with Gasteiger partial charge >= 0.3 is 5.97 Å². The summed E-state index contributed by atoms with van der Waals surface area (Å²) in [6.07, 6.45) is 5.93. The van der Waals surface area contributed by atoms with Crippen molar-refractivity contribution >= 4 is 5.97 Å². The van der Waals surface area contributed by atoms with Gasteiger partial charge in [-0.2, -0.15) is 0 Å². The third-order valence-corrected chi connectivity index (χ3v) is 2.85.